The van der Waals surface area contributed by atoms with Crippen LogP contribution in [0.1, 0.15) is 285 Å². The Bertz CT molecular complexity index is 2990. The fourth-order valence-corrected chi connectivity index (χ4v) is 11.7. The van der Waals surface area contributed by atoms with Crippen LogP contribution in [0, 0.1) is 0 Å². The van der Waals surface area contributed by atoms with Crippen molar-refractivity contribution in [3.8, 4) is 0 Å². The lowest BCUT2D eigenvalue weighted by Gasteiger charge is -2.21. The molecule has 0 aromatic rings. The van der Waals surface area contributed by atoms with E-state index in [1.165, 1.54) is 44.9 Å². The Hall–Kier alpha value is -6.62. The fourth-order valence-electron chi connectivity index (χ4n) is 10.1. The fraction of sp³-hybridized carbons (Fsp3) is 0.570. The van der Waals surface area contributed by atoms with Crippen molar-refractivity contribution in [2.45, 2.75) is 303 Å². The highest BCUT2D eigenvalue weighted by molar-refractivity contribution is 7.47. The monoisotopic (exact) mass is 1600 g/mol. The number of unbranched alkanes of at least 4 members (excludes halogenated alkanes) is 14. The Morgan fingerprint density at radius 3 is 0.795 bits per heavy atom. The van der Waals surface area contributed by atoms with Gasteiger partial charge in [-0.05, 0) is 167 Å². The molecular formula is C93H146O17P2. The zero-order valence-electron chi connectivity index (χ0n) is 69.0. The van der Waals surface area contributed by atoms with Crippen LogP contribution >= 0.6 is 15.6 Å². The molecule has 0 aromatic carbocycles. The Morgan fingerprint density at radius 2 is 0.482 bits per heavy atom. The van der Waals surface area contributed by atoms with Gasteiger partial charge in [-0.1, -0.05) is 311 Å². The lowest BCUT2D eigenvalue weighted by atomic mass is 10.1. The maximum Gasteiger partial charge on any atom is 0.472 e. The van der Waals surface area contributed by atoms with Gasteiger partial charge in [0.05, 0.1) is 26.4 Å². The lowest BCUT2D eigenvalue weighted by Crippen LogP contribution is -2.30. The highest BCUT2D eigenvalue weighted by Crippen LogP contribution is 2.45. The Labute approximate surface area is 677 Å². The topological polar surface area (TPSA) is 237 Å². The summed E-state index contributed by atoms with van der Waals surface area (Å²) in [4.78, 5) is 73.1. The molecule has 5 atom stereocenters. The van der Waals surface area contributed by atoms with E-state index < -0.39 is 97.5 Å². The zero-order valence-corrected chi connectivity index (χ0v) is 70.8. The number of aliphatic hydroxyl groups is 1. The van der Waals surface area contributed by atoms with E-state index in [1.807, 2.05) is 54.7 Å². The van der Waals surface area contributed by atoms with Crippen molar-refractivity contribution in [2.24, 2.45) is 0 Å². The molecule has 630 valence electrons. The molecule has 0 fully saturated rings. The molecule has 0 aromatic heterocycles. The van der Waals surface area contributed by atoms with Crippen molar-refractivity contribution in [1.29, 1.82) is 0 Å². The molecule has 0 spiro atoms. The van der Waals surface area contributed by atoms with Gasteiger partial charge in [-0.3, -0.25) is 37.3 Å². The van der Waals surface area contributed by atoms with Crippen LogP contribution in [0.25, 0.3) is 0 Å². The molecule has 112 heavy (non-hydrogen) atoms. The van der Waals surface area contributed by atoms with Crippen LogP contribution in [0.4, 0.5) is 0 Å². The Balaban J connectivity index is 5.60. The van der Waals surface area contributed by atoms with Gasteiger partial charge in [0.2, 0.25) is 0 Å². The number of carbonyl (C=O) groups is 4. The van der Waals surface area contributed by atoms with Gasteiger partial charge >= 0.3 is 39.5 Å². The van der Waals surface area contributed by atoms with E-state index in [2.05, 4.69) is 192 Å². The van der Waals surface area contributed by atoms with Gasteiger partial charge < -0.3 is 33.8 Å². The average molecular weight is 1600 g/mol. The van der Waals surface area contributed by atoms with E-state index in [0.717, 1.165) is 141 Å². The normalized spacial score (nSPS) is 14.9. The summed E-state index contributed by atoms with van der Waals surface area (Å²) in [5, 5.41) is 10.7. The number of rotatable bonds is 76. The SMILES string of the molecule is CC/C=C\C/C=C\C/C=C\C/C=C\C/C=C\C/C=C\CCC(=O)OC[C@H](COP(=O)(O)OC[C@@H](O)COP(=O)(O)OC[C@@H](COC(=O)CC/C=C\C/C=C\C/C=C\C/C=C\C/C=C\C/C=C\CC)OC(=O)CCCCCCCCC/C=C\CCCCCC)OC(=O)CC/C=C\C/C=C\C/C=C\C/C=C\C/C=C\CCCCC. The first-order valence-electron chi connectivity index (χ1n) is 42.0. The number of hydrogen-bond acceptors (Lipinski definition) is 15. The lowest BCUT2D eigenvalue weighted by molar-refractivity contribution is -0.161. The van der Waals surface area contributed by atoms with E-state index in [4.69, 9.17) is 37.0 Å². The van der Waals surface area contributed by atoms with Crippen LogP contribution in [-0.2, 0) is 65.4 Å². The van der Waals surface area contributed by atoms with E-state index in [-0.39, 0.29) is 25.7 Å². The summed E-state index contributed by atoms with van der Waals surface area (Å²) in [5.41, 5.74) is 0. The summed E-state index contributed by atoms with van der Waals surface area (Å²) in [6.45, 7) is 4.32. The number of phosphoric ester groups is 2. The van der Waals surface area contributed by atoms with Crippen molar-refractivity contribution in [3.05, 3.63) is 219 Å². The van der Waals surface area contributed by atoms with Crippen LogP contribution in [0.15, 0.2) is 219 Å². The van der Waals surface area contributed by atoms with Gasteiger partial charge in [0, 0.05) is 25.7 Å². The van der Waals surface area contributed by atoms with E-state index >= 15 is 0 Å². The summed E-state index contributed by atoms with van der Waals surface area (Å²) >= 11 is 0. The third kappa shape index (κ3) is 81.4. The predicted octanol–water partition coefficient (Wildman–Crippen LogP) is 25.2. The maximum atomic E-state index is 13.1. The number of carbonyl (C=O) groups excluding carboxylic acids is 4. The van der Waals surface area contributed by atoms with Crippen molar-refractivity contribution < 1.29 is 80.2 Å². The van der Waals surface area contributed by atoms with E-state index in [1.54, 1.807) is 0 Å². The first kappa shape index (κ1) is 105. The minimum absolute atomic E-state index is 0.00997. The number of hydrogen-bond donors (Lipinski definition) is 3. The summed E-state index contributed by atoms with van der Waals surface area (Å²) < 4.78 is 68.5. The van der Waals surface area contributed by atoms with Crippen LogP contribution in [0.2, 0.25) is 0 Å². The van der Waals surface area contributed by atoms with Crippen LogP contribution in [-0.4, -0.2) is 96.7 Å². The molecule has 0 aliphatic carbocycles. The average Bonchev–Trinajstić information content (AvgIpc) is 0.898. The smallest absolute Gasteiger partial charge is 0.462 e. The van der Waals surface area contributed by atoms with Gasteiger partial charge in [-0.25, -0.2) is 9.13 Å². The number of esters is 4. The summed E-state index contributed by atoms with van der Waals surface area (Å²) in [5.74, 6) is -2.50. The van der Waals surface area contributed by atoms with Crippen molar-refractivity contribution in [1.82, 2.24) is 0 Å². The van der Waals surface area contributed by atoms with Gasteiger partial charge in [-0.2, -0.15) is 0 Å². The van der Waals surface area contributed by atoms with Crippen molar-refractivity contribution in [3.63, 3.8) is 0 Å². The third-order valence-electron chi connectivity index (χ3n) is 16.4. The quantitative estimate of drug-likeness (QED) is 0.0169. The second kappa shape index (κ2) is 82.4. The first-order chi connectivity index (χ1) is 54.7. The Kier molecular flexibility index (Phi) is 77.5. The third-order valence-corrected chi connectivity index (χ3v) is 18.3. The predicted molar refractivity (Wildman–Crippen MR) is 463 cm³/mol. The highest BCUT2D eigenvalue weighted by Gasteiger charge is 2.30. The molecule has 2 unspecified atom stereocenters. The van der Waals surface area contributed by atoms with E-state index in [0.29, 0.717) is 44.9 Å². The molecule has 0 rings (SSSR count). The summed E-state index contributed by atoms with van der Waals surface area (Å²) in [7, 11) is -10.1. The highest BCUT2D eigenvalue weighted by atomic mass is 31.2. The zero-order chi connectivity index (χ0) is 81.7. The molecular weight excluding hydrogens is 1450 g/mol. The second-order valence-corrected chi connectivity index (χ2v) is 29.8. The number of phosphoric acid groups is 2. The van der Waals surface area contributed by atoms with Crippen LogP contribution < -0.4 is 0 Å². The molecule has 17 nitrogen and oxygen atoms in total. The van der Waals surface area contributed by atoms with Gasteiger partial charge in [-0.15, -0.1) is 0 Å². The minimum Gasteiger partial charge on any atom is -0.462 e. The van der Waals surface area contributed by atoms with Crippen molar-refractivity contribution >= 4 is 39.5 Å². The molecule has 0 saturated carbocycles. The molecule has 19 heteroatoms. The molecule has 3 N–H and O–H groups in total. The van der Waals surface area contributed by atoms with Gasteiger partial charge in [0.25, 0.3) is 0 Å². The van der Waals surface area contributed by atoms with Crippen LogP contribution in [0.5, 0.6) is 0 Å². The number of aliphatic hydroxyl groups excluding tert-OH is 1. The molecule has 0 aliphatic heterocycles. The molecule has 0 saturated heterocycles. The van der Waals surface area contributed by atoms with Crippen LogP contribution in [0.3, 0.4) is 0 Å². The standard InChI is InChI=1S/C93H146O17P2/c1-5-9-13-17-21-25-29-33-37-40-43-46-50-53-57-61-65-69-73-77-90(95)103-83-88(109-92(97)79-75-71-67-63-59-55-49-36-32-28-24-20-16-12-8-4)85-107-111(99,100)105-81-87(94)82-106-112(101,102)108-86-89(110-93(98)80-76-72-68-64-60-56-52-48-45-42-39-35-31-27-23-19-15-11-7-3)84-104-91(96)78-74-70-66-62-58-54-51-47-44-41-38-34-30-26-22-18-14-10-6-2/h9-10,13-14,21-23,25-28,32-35,37-39,43-48,53-54,56-58,60,65-66,68-70,72,87-89,94H,5-8,11-12,15-20,24,29-31,36,40-42,49-52,55,59,61-64,67,71,73-86H2,1-4H3,(H,99,100)(H,101,102)/b13-9-,14-10-,25-21-,26-22-,27-23-,32-28-,37-33-,38-34-,39-35-,46-43-,47-44-,48-45-,57-53-,58-54-,60-56-,69-65-,70-66-,72-68-/t87-,88+,89+/m0/s1. The molecule has 0 radical (unpaired) electrons. The van der Waals surface area contributed by atoms with Gasteiger partial charge in [0.15, 0.2) is 12.2 Å². The largest absolute Gasteiger partial charge is 0.472 e. The number of ether oxygens (including phenoxy) is 4. The molecule has 0 bridgehead atoms. The maximum absolute atomic E-state index is 13.1. The van der Waals surface area contributed by atoms with Crippen molar-refractivity contribution in [2.75, 3.05) is 39.6 Å². The second-order valence-electron chi connectivity index (χ2n) is 26.9. The van der Waals surface area contributed by atoms with Gasteiger partial charge in [0.1, 0.15) is 19.3 Å². The molecule has 0 amide bonds. The van der Waals surface area contributed by atoms with E-state index in [9.17, 15) is 43.2 Å². The molecule has 0 aliphatic rings. The Morgan fingerprint density at radius 1 is 0.259 bits per heavy atom. The summed E-state index contributed by atoms with van der Waals surface area (Å²) in [6.07, 6.45) is 105. The number of allylic oxidation sites excluding steroid dienone is 36. The first-order valence-corrected chi connectivity index (χ1v) is 45.0. The minimum atomic E-state index is -5.04. The molecule has 0 heterocycles. The summed E-state index contributed by atoms with van der Waals surface area (Å²) in [6, 6.07) is 0.